The first kappa shape index (κ1) is 13.8. The molecule has 0 heterocycles. The number of nitrogens with one attached hydrogen (secondary N) is 1. The molecule has 0 aliphatic carbocycles. The molecule has 0 aromatic heterocycles. The van der Waals surface area contributed by atoms with Gasteiger partial charge in [0.15, 0.2) is 5.82 Å². The van der Waals surface area contributed by atoms with E-state index in [0.717, 1.165) is 12.1 Å². The van der Waals surface area contributed by atoms with Crippen LogP contribution in [0.2, 0.25) is 10.0 Å². The van der Waals surface area contributed by atoms with E-state index in [1.165, 1.54) is 0 Å². The summed E-state index contributed by atoms with van der Waals surface area (Å²) in [6, 6.07) is 2.27. The predicted molar refractivity (Wildman–Crippen MR) is 64.5 cm³/mol. The number of halogens is 4. The Morgan fingerprint density at radius 2 is 1.75 bits per heavy atom. The highest BCUT2D eigenvalue weighted by Gasteiger charge is 2.13. The molecule has 1 aromatic carbocycles. The van der Waals surface area contributed by atoms with Crippen LogP contribution in [0.1, 0.15) is 0 Å². The van der Waals surface area contributed by atoms with Crippen molar-refractivity contribution in [3.05, 3.63) is 28.0 Å². The minimum absolute atomic E-state index is 0.0437. The van der Waals surface area contributed by atoms with E-state index in [1.54, 1.807) is 0 Å². The second-order valence-electron chi connectivity index (χ2n) is 2.86. The van der Waals surface area contributed by atoms with Crippen molar-refractivity contribution in [3.63, 3.8) is 0 Å². The van der Waals surface area contributed by atoms with Crippen LogP contribution in [0, 0.1) is 5.82 Å². The number of hydrogen-bond donors (Lipinski definition) is 1. The van der Waals surface area contributed by atoms with Gasteiger partial charge in [-0.15, -0.1) is 11.6 Å². The lowest BCUT2D eigenvalue weighted by Crippen LogP contribution is -2.17. The summed E-state index contributed by atoms with van der Waals surface area (Å²) in [6.07, 6.45) is 0. The van der Waals surface area contributed by atoms with Gasteiger partial charge in [-0.25, -0.2) is 12.8 Å². The summed E-state index contributed by atoms with van der Waals surface area (Å²) >= 11 is 16.3. The number of rotatable bonds is 4. The van der Waals surface area contributed by atoms with Crippen molar-refractivity contribution in [3.8, 4) is 0 Å². The highest BCUT2D eigenvalue weighted by Crippen LogP contribution is 2.27. The van der Waals surface area contributed by atoms with Crippen LogP contribution in [0.25, 0.3) is 0 Å². The summed E-state index contributed by atoms with van der Waals surface area (Å²) in [6.45, 7) is 0. The zero-order valence-electron chi connectivity index (χ0n) is 7.81. The van der Waals surface area contributed by atoms with Gasteiger partial charge in [0.05, 0.1) is 21.5 Å². The molecule has 0 aliphatic rings. The van der Waals surface area contributed by atoms with E-state index in [-0.39, 0.29) is 27.4 Å². The van der Waals surface area contributed by atoms with Crippen molar-refractivity contribution in [1.82, 2.24) is 0 Å². The highest BCUT2D eigenvalue weighted by atomic mass is 35.5. The van der Waals surface area contributed by atoms with E-state index in [9.17, 15) is 12.8 Å². The maximum Gasteiger partial charge on any atom is 0.233 e. The van der Waals surface area contributed by atoms with Gasteiger partial charge in [-0.3, -0.25) is 4.72 Å². The molecule has 8 heteroatoms. The summed E-state index contributed by atoms with van der Waals surface area (Å²) < 4.78 is 37.9. The largest absolute Gasteiger partial charge is 0.283 e. The van der Waals surface area contributed by atoms with E-state index in [1.807, 2.05) is 0 Å². The molecule has 0 saturated carbocycles. The van der Waals surface area contributed by atoms with Crippen molar-refractivity contribution in [2.24, 2.45) is 0 Å². The minimum Gasteiger partial charge on any atom is -0.283 e. The maximum atomic E-state index is 13.0. The van der Waals surface area contributed by atoms with E-state index < -0.39 is 15.8 Å². The Kier molecular flexibility index (Phi) is 4.67. The van der Waals surface area contributed by atoms with Gasteiger partial charge in [0.1, 0.15) is 0 Å². The fourth-order valence-corrected chi connectivity index (χ4v) is 2.83. The lowest BCUT2D eigenvalue weighted by molar-refractivity contribution is 0.602. The molecule has 0 spiro atoms. The molecular weight excluding hydrogens is 300 g/mol. The molecule has 0 radical (unpaired) electrons. The molecule has 0 aliphatic heterocycles. The molecule has 1 aromatic rings. The van der Waals surface area contributed by atoms with E-state index >= 15 is 0 Å². The van der Waals surface area contributed by atoms with Crippen LogP contribution in [-0.4, -0.2) is 20.1 Å². The SMILES string of the molecule is O=S(=O)(CCCl)Nc1cc(Cl)c(F)c(Cl)c1. The average molecular weight is 307 g/mol. The van der Waals surface area contributed by atoms with Gasteiger partial charge in [0.2, 0.25) is 10.0 Å². The first-order valence-electron chi connectivity index (χ1n) is 4.07. The molecule has 0 amide bonds. The van der Waals surface area contributed by atoms with Crippen LogP contribution in [0.15, 0.2) is 12.1 Å². The summed E-state index contributed by atoms with van der Waals surface area (Å²) in [5.74, 6) is -1.08. The molecule has 0 atom stereocenters. The van der Waals surface area contributed by atoms with Crippen LogP contribution in [-0.2, 0) is 10.0 Å². The molecule has 16 heavy (non-hydrogen) atoms. The Balaban J connectivity index is 2.99. The van der Waals surface area contributed by atoms with E-state index in [2.05, 4.69) is 4.72 Å². The minimum atomic E-state index is -3.55. The smallest absolute Gasteiger partial charge is 0.233 e. The van der Waals surface area contributed by atoms with E-state index in [4.69, 9.17) is 34.8 Å². The van der Waals surface area contributed by atoms with Gasteiger partial charge >= 0.3 is 0 Å². The first-order chi connectivity index (χ1) is 7.35. The molecule has 0 bridgehead atoms. The van der Waals surface area contributed by atoms with Crippen LogP contribution in [0.4, 0.5) is 10.1 Å². The van der Waals surface area contributed by atoms with Crippen molar-refractivity contribution in [1.29, 1.82) is 0 Å². The van der Waals surface area contributed by atoms with Gasteiger partial charge in [-0.2, -0.15) is 0 Å². The topological polar surface area (TPSA) is 46.2 Å². The fraction of sp³-hybridized carbons (Fsp3) is 0.250. The Bertz CT molecular complexity index is 469. The van der Waals surface area contributed by atoms with Crippen LogP contribution in [0.3, 0.4) is 0 Å². The summed E-state index contributed by atoms with van der Waals surface area (Å²) in [5, 5.41) is -0.507. The zero-order chi connectivity index (χ0) is 12.3. The first-order valence-corrected chi connectivity index (χ1v) is 7.01. The summed E-state index contributed by atoms with van der Waals surface area (Å²) in [5.41, 5.74) is 0.0986. The molecule has 0 unspecified atom stereocenters. The number of alkyl halides is 1. The number of hydrogen-bond acceptors (Lipinski definition) is 2. The van der Waals surface area contributed by atoms with Crippen molar-refractivity contribution in [2.75, 3.05) is 16.4 Å². The van der Waals surface area contributed by atoms with Gasteiger partial charge < -0.3 is 0 Å². The van der Waals surface area contributed by atoms with E-state index in [0.29, 0.717) is 0 Å². The molecule has 1 rings (SSSR count). The van der Waals surface area contributed by atoms with Crippen LogP contribution < -0.4 is 4.72 Å². The predicted octanol–water partition coefficient (Wildman–Crippen LogP) is 3.11. The second kappa shape index (κ2) is 5.40. The van der Waals surface area contributed by atoms with Gasteiger partial charge in [-0.05, 0) is 12.1 Å². The molecule has 1 N–H and O–H groups in total. The Morgan fingerprint density at radius 1 is 1.25 bits per heavy atom. The summed E-state index contributed by atoms with van der Waals surface area (Å²) in [7, 11) is -3.55. The Morgan fingerprint density at radius 3 is 2.19 bits per heavy atom. The maximum absolute atomic E-state index is 13.0. The fourth-order valence-electron chi connectivity index (χ4n) is 0.947. The Labute approximate surface area is 108 Å². The van der Waals surface area contributed by atoms with Crippen LogP contribution in [0.5, 0.6) is 0 Å². The lowest BCUT2D eigenvalue weighted by atomic mass is 10.3. The number of sulfonamides is 1. The van der Waals surface area contributed by atoms with Crippen LogP contribution >= 0.6 is 34.8 Å². The molecular formula is C8H7Cl3FNO2S. The van der Waals surface area contributed by atoms with Gasteiger partial charge in [-0.1, -0.05) is 23.2 Å². The lowest BCUT2D eigenvalue weighted by Gasteiger charge is -2.08. The third-order valence-electron chi connectivity index (χ3n) is 1.60. The molecule has 0 saturated heterocycles. The Hall–Kier alpha value is -0.230. The summed E-state index contributed by atoms with van der Waals surface area (Å²) in [4.78, 5) is 0. The monoisotopic (exact) mass is 305 g/mol. The second-order valence-corrected chi connectivity index (χ2v) is 5.90. The van der Waals surface area contributed by atoms with Gasteiger partial charge in [0, 0.05) is 5.88 Å². The third kappa shape index (κ3) is 3.66. The molecule has 3 nitrogen and oxygen atoms in total. The normalized spacial score (nSPS) is 11.5. The number of benzene rings is 1. The van der Waals surface area contributed by atoms with Crippen molar-refractivity contribution >= 4 is 50.5 Å². The zero-order valence-corrected chi connectivity index (χ0v) is 10.9. The van der Waals surface area contributed by atoms with Crippen molar-refractivity contribution in [2.45, 2.75) is 0 Å². The average Bonchev–Trinajstić information content (AvgIpc) is 2.13. The standard InChI is InChI=1S/C8H7Cl3FNO2S/c9-1-2-16(14,15)13-5-3-6(10)8(12)7(11)4-5/h3-4,13H,1-2H2. The third-order valence-corrected chi connectivity index (χ3v) is 3.85. The van der Waals surface area contributed by atoms with Gasteiger partial charge in [0.25, 0.3) is 0 Å². The highest BCUT2D eigenvalue weighted by molar-refractivity contribution is 7.92. The number of anilines is 1. The van der Waals surface area contributed by atoms with Crippen molar-refractivity contribution < 1.29 is 12.8 Å². The quantitative estimate of drug-likeness (QED) is 0.686. The molecule has 90 valence electrons. The molecule has 0 fully saturated rings.